The van der Waals surface area contributed by atoms with Crippen molar-refractivity contribution in [1.82, 2.24) is 4.90 Å². The van der Waals surface area contributed by atoms with E-state index >= 15 is 0 Å². The molecule has 0 saturated carbocycles. The summed E-state index contributed by atoms with van der Waals surface area (Å²) in [5, 5.41) is 2.90. The quantitative estimate of drug-likeness (QED) is 0.827. The zero-order valence-electron chi connectivity index (χ0n) is 16.5. The van der Waals surface area contributed by atoms with Crippen molar-refractivity contribution in [2.24, 2.45) is 5.92 Å². The second-order valence-corrected chi connectivity index (χ2v) is 7.29. The second-order valence-electron chi connectivity index (χ2n) is 7.29. The lowest BCUT2D eigenvalue weighted by molar-refractivity contribution is -0.133. The van der Waals surface area contributed by atoms with Crippen molar-refractivity contribution >= 4 is 17.5 Å². The highest BCUT2D eigenvalue weighted by Gasteiger charge is 2.22. The van der Waals surface area contributed by atoms with E-state index in [2.05, 4.69) is 19.2 Å². The maximum Gasteiger partial charge on any atom is 0.260 e. The molecule has 1 aliphatic heterocycles. The summed E-state index contributed by atoms with van der Waals surface area (Å²) in [5.74, 6) is 1.69. The molecule has 0 aliphatic carbocycles. The summed E-state index contributed by atoms with van der Waals surface area (Å²) in [6, 6.07) is 12.4. The molecule has 0 unspecified atom stereocenters. The molecule has 2 aromatic rings. The van der Waals surface area contributed by atoms with Crippen molar-refractivity contribution in [3.05, 3.63) is 53.6 Å². The van der Waals surface area contributed by atoms with Gasteiger partial charge in [-0.15, -0.1) is 0 Å². The molecule has 0 atom stereocenters. The lowest BCUT2D eigenvalue weighted by Crippen LogP contribution is -2.33. The minimum Gasteiger partial charge on any atom is -0.497 e. The highest BCUT2D eigenvalue weighted by Crippen LogP contribution is 2.27. The van der Waals surface area contributed by atoms with Gasteiger partial charge in [-0.2, -0.15) is 0 Å². The summed E-state index contributed by atoms with van der Waals surface area (Å²) in [6.07, 6.45) is 0.939. The van der Waals surface area contributed by atoms with Crippen LogP contribution in [0.2, 0.25) is 0 Å². The summed E-state index contributed by atoms with van der Waals surface area (Å²) < 4.78 is 10.8. The normalized spacial score (nSPS) is 13.6. The van der Waals surface area contributed by atoms with E-state index in [1.54, 1.807) is 43.5 Å². The molecule has 0 spiro atoms. The number of anilines is 1. The summed E-state index contributed by atoms with van der Waals surface area (Å²) in [4.78, 5) is 26.6. The lowest BCUT2D eigenvalue weighted by atomic mass is 10.1. The molecular weight excluding hydrogens is 356 g/mol. The SMILES string of the molecule is COc1ccc(C(=O)Nc2ccc3c(c2)CN(CCC(C)C)C(=O)CO3)cc1. The Morgan fingerprint density at radius 2 is 1.96 bits per heavy atom. The molecule has 1 heterocycles. The molecular formula is C22H26N2O4. The lowest BCUT2D eigenvalue weighted by Gasteiger charge is -2.21. The number of amides is 2. The van der Waals surface area contributed by atoms with Crippen LogP contribution >= 0.6 is 0 Å². The molecule has 0 saturated heterocycles. The standard InChI is InChI=1S/C22H26N2O4/c1-15(2)10-11-24-13-17-12-18(6-9-20(17)28-14-21(24)25)23-22(26)16-4-7-19(27-3)8-5-16/h4-9,12,15H,10-11,13-14H2,1-3H3,(H,23,26). The van der Waals surface area contributed by atoms with Crippen LogP contribution in [0.4, 0.5) is 5.69 Å². The number of methoxy groups -OCH3 is 1. The smallest absolute Gasteiger partial charge is 0.260 e. The van der Waals surface area contributed by atoms with Crippen LogP contribution in [-0.4, -0.2) is 37.0 Å². The van der Waals surface area contributed by atoms with Crippen LogP contribution in [0.5, 0.6) is 11.5 Å². The number of ether oxygens (including phenoxy) is 2. The molecule has 28 heavy (non-hydrogen) atoms. The molecule has 148 valence electrons. The molecule has 0 fully saturated rings. The summed E-state index contributed by atoms with van der Waals surface area (Å²) in [7, 11) is 1.59. The Morgan fingerprint density at radius 3 is 2.64 bits per heavy atom. The van der Waals surface area contributed by atoms with Gasteiger partial charge in [0.25, 0.3) is 11.8 Å². The third-order valence-electron chi connectivity index (χ3n) is 4.71. The number of nitrogens with zero attached hydrogens (tertiary/aromatic N) is 1. The molecule has 6 heteroatoms. The minimum atomic E-state index is -0.204. The topological polar surface area (TPSA) is 67.9 Å². The third kappa shape index (κ3) is 4.82. The minimum absolute atomic E-state index is 0.0133. The van der Waals surface area contributed by atoms with Crippen LogP contribution in [0.25, 0.3) is 0 Å². The van der Waals surface area contributed by atoms with Gasteiger partial charge in [0.05, 0.1) is 7.11 Å². The van der Waals surface area contributed by atoms with Crippen LogP contribution < -0.4 is 14.8 Å². The number of fused-ring (bicyclic) bond motifs is 1. The Balaban J connectivity index is 1.73. The first-order chi connectivity index (χ1) is 13.5. The number of hydrogen-bond donors (Lipinski definition) is 1. The van der Waals surface area contributed by atoms with Gasteiger partial charge in [-0.05, 0) is 54.8 Å². The first kappa shape index (κ1) is 19.7. The number of carbonyl (C=O) groups excluding carboxylic acids is 2. The van der Waals surface area contributed by atoms with Crippen molar-refractivity contribution in [2.45, 2.75) is 26.8 Å². The van der Waals surface area contributed by atoms with Gasteiger partial charge in [-0.25, -0.2) is 0 Å². The Morgan fingerprint density at radius 1 is 1.21 bits per heavy atom. The first-order valence-electron chi connectivity index (χ1n) is 9.45. The van der Waals surface area contributed by atoms with Crippen LogP contribution in [0, 0.1) is 5.92 Å². The van der Waals surface area contributed by atoms with E-state index in [1.165, 1.54) is 0 Å². The molecule has 2 amide bonds. The summed E-state index contributed by atoms with van der Waals surface area (Å²) in [5.41, 5.74) is 2.10. The van der Waals surface area contributed by atoms with Crippen LogP contribution in [-0.2, 0) is 11.3 Å². The Bertz CT molecular complexity index is 846. The molecule has 0 bridgehead atoms. The zero-order valence-corrected chi connectivity index (χ0v) is 16.5. The Kier molecular flexibility index (Phi) is 6.19. The van der Waals surface area contributed by atoms with Gasteiger partial charge in [0.15, 0.2) is 6.61 Å². The third-order valence-corrected chi connectivity index (χ3v) is 4.71. The van der Waals surface area contributed by atoms with Crippen LogP contribution in [0.15, 0.2) is 42.5 Å². The van der Waals surface area contributed by atoms with Crippen molar-refractivity contribution in [2.75, 3.05) is 25.6 Å². The largest absolute Gasteiger partial charge is 0.497 e. The van der Waals surface area contributed by atoms with Gasteiger partial charge < -0.3 is 19.7 Å². The van der Waals surface area contributed by atoms with Gasteiger partial charge in [0.1, 0.15) is 11.5 Å². The molecule has 2 aromatic carbocycles. The number of carbonyl (C=O) groups is 2. The van der Waals surface area contributed by atoms with E-state index in [0.717, 1.165) is 12.0 Å². The second kappa shape index (κ2) is 8.78. The van der Waals surface area contributed by atoms with E-state index in [-0.39, 0.29) is 18.4 Å². The van der Waals surface area contributed by atoms with Crippen LogP contribution in [0.1, 0.15) is 36.2 Å². The van der Waals surface area contributed by atoms with Gasteiger partial charge in [0, 0.05) is 29.9 Å². The van der Waals surface area contributed by atoms with Gasteiger partial charge in [-0.1, -0.05) is 13.8 Å². The predicted molar refractivity (Wildman–Crippen MR) is 108 cm³/mol. The zero-order chi connectivity index (χ0) is 20.1. The average molecular weight is 382 g/mol. The van der Waals surface area contributed by atoms with Gasteiger partial charge >= 0.3 is 0 Å². The molecule has 1 aliphatic rings. The maximum atomic E-state index is 12.5. The van der Waals surface area contributed by atoms with Gasteiger partial charge in [0.2, 0.25) is 0 Å². The average Bonchev–Trinajstić information content (AvgIpc) is 2.85. The van der Waals surface area contributed by atoms with Crippen LogP contribution in [0.3, 0.4) is 0 Å². The fourth-order valence-corrected chi connectivity index (χ4v) is 3.01. The van der Waals surface area contributed by atoms with Gasteiger partial charge in [-0.3, -0.25) is 9.59 Å². The molecule has 0 radical (unpaired) electrons. The molecule has 1 N–H and O–H groups in total. The fourth-order valence-electron chi connectivity index (χ4n) is 3.01. The summed E-state index contributed by atoms with van der Waals surface area (Å²) in [6.45, 7) is 5.50. The first-order valence-corrected chi connectivity index (χ1v) is 9.45. The number of hydrogen-bond acceptors (Lipinski definition) is 4. The van der Waals surface area contributed by atoms with Crippen molar-refractivity contribution in [1.29, 1.82) is 0 Å². The fraction of sp³-hybridized carbons (Fsp3) is 0.364. The number of benzene rings is 2. The van der Waals surface area contributed by atoms with Crippen molar-refractivity contribution in [3.63, 3.8) is 0 Å². The molecule has 0 aromatic heterocycles. The summed E-state index contributed by atoms with van der Waals surface area (Å²) >= 11 is 0. The van der Waals surface area contributed by atoms with E-state index in [1.807, 2.05) is 11.0 Å². The van der Waals surface area contributed by atoms with E-state index in [4.69, 9.17) is 9.47 Å². The molecule has 3 rings (SSSR count). The Labute approximate surface area is 165 Å². The maximum absolute atomic E-state index is 12.5. The number of nitrogens with one attached hydrogen (secondary N) is 1. The monoisotopic (exact) mass is 382 g/mol. The Hall–Kier alpha value is -3.02. The van der Waals surface area contributed by atoms with Crippen molar-refractivity contribution < 1.29 is 19.1 Å². The highest BCUT2D eigenvalue weighted by molar-refractivity contribution is 6.04. The highest BCUT2D eigenvalue weighted by atomic mass is 16.5. The molecule has 6 nitrogen and oxygen atoms in total. The number of rotatable bonds is 6. The van der Waals surface area contributed by atoms with Crippen molar-refractivity contribution in [3.8, 4) is 11.5 Å². The van der Waals surface area contributed by atoms with E-state index in [0.29, 0.717) is 41.8 Å². The van der Waals surface area contributed by atoms with E-state index in [9.17, 15) is 9.59 Å². The predicted octanol–water partition coefficient (Wildman–Crippen LogP) is 3.71. The van der Waals surface area contributed by atoms with E-state index < -0.39 is 0 Å².